The van der Waals surface area contributed by atoms with E-state index in [1.54, 1.807) is 30.3 Å². The lowest BCUT2D eigenvalue weighted by Crippen LogP contribution is -2.21. The topological polar surface area (TPSA) is 75.4 Å². The maximum atomic E-state index is 10.7. The Morgan fingerprint density at radius 1 is 0.914 bits per heavy atom. The van der Waals surface area contributed by atoms with E-state index < -0.39 is 0 Å². The molecule has 192 valence electrons. The van der Waals surface area contributed by atoms with E-state index in [2.05, 4.69) is 54.4 Å². The summed E-state index contributed by atoms with van der Waals surface area (Å²) in [5, 5.41) is 2.48. The molecule has 0 aromatic heterocycles. The molecule has 0 spiro atoms. The quantitative estimate of drug-likeness (QED) is 0.203. The number of carbonyl (C=O) groups is 2. The number of amides is 1. The van der Waals surface area contributed by atoms with Crippen molar-refractivity contribution in [1.29, 1.82) is 0 Å². The van der Waals surface area contributed by atoms with Gasteiger partial charge in [0, 0.05) is 36.3 Å². The van der Waals surface area contributed by atoms with E-state index in [4.69, 9.17) is 41.8 Å². The average molecular weight is 541 g/mol. The van der Waals surface area contributed by atoms with Crippen LogP contribution >= 0.6 is 34.8 Å². The second-order valence-corrected chi connectivity index (χ2v) is 7.71. The largest absolute Gasteiger partial charge is 0.399 e. The molecule has 0 radical (unpaired) electrons. The van der Waals surface area contributed by atoms with E-state index in [9.17, 15) is 9.59 Å². The number of nitrogens with two attached hydrogens (primary N) is 1. The minimum Gasteiger partial charge on any atom is -0.399 e. The van der Waals surface area contributed by atoms with Gasteiger partial charge in [0.25, 0.3) is 0 Å². The standard InChI is InChI=1S/C10H9NO.C8H7N.C6H15N.C2H3ClO.CH2Cl2/c1-3-9-5-4-6-10(7-9)11-8(2)12;1-2-7-4-3-5-8(9)6-7;1-4-7(5-2)6-3;1-2(3)4;2-1-3/h1,4-7H,2H3,(H,11,12);1,3-6H,9H2;4-6H2,1-3H3;1H3;1H2. The Hall–Kier alpha value is -2.67. The molecule has 2 aromatic carbocycles. The summed E-state index contributed by atoms with van der Waals surface area (Å²) in [7, 11) is 0. The van der Waals surface area contributed by atoms with Crippen molar-refractivity contribution in [1.82, 2.24) is 4.90 Å². The van der Waals surface area contributed by atoms with Crippen molar-refractivity contribution in [3.63, 3.8) is 0 Å². The lowest BCUT2D eigenvalue weighted by Gasteiger charge is -2.13. The Morgan fingerprint density at radius 2 is 1.31 bits per heavy atom. The summed E-state index contributed by atoms with van der Waals surface area (Å²) in [4.78, 5) is 22.2. The normalized spacial score (nSPS) is 8.43. The first-order chi connectivity index (χ1) is 16.5. The number of alkyl halides is 2. The molecule has 0 atom stereocenters. The lowest BCUT2D eigenvalue weighted by molar-refractivity contribution is -0.114. The molecule has 35 heavy (non-hydrogen) atoms. The van der Waals surface area contributed by atoms with Gasteiger partial charge in [-0.2, -0.15) is 0 Å². The van der Waals surface area contributed by atoms with Crippen LogP contribution in [-0.2, 0) is 9.59 Å². The van der Waals surface area contributed by atoms with Crippen LogP contribution in [0, 0.1) is 24.7 Å². The van der Waals surface area contributed by atoms with E-state index >= 15 is 0 Å². The van der Waals surface area contributed by atoms with Crippen molar-refractivity contribution in [2.45, 2.75) is 34.6 Å². The number of halogens is 3. The molecule has 5 nitrogen and oxygen atoms in total. The maximum Gasteiger partial charge on any atom is 0.221 e. The molecule has 0 unspecified atom stereocenters. The number of nitrogen functional groups attached to an aromatic ring is 1. The molecule has 1 amide bonds. The van der Waals surface area contributed by atoms with Crippen molar-refractivity contribution in [3.05, 3.63) is 59.7 Å². The fourth-order valence-electron chi connectivity index (χ4n) is 2.19. The summed E-state index contributed by atoms with van der Waals surface area (Å²) < 4.78 is 0. The number of nitrogens with zero attached hydrogens (tertiary/aromatic N) is 1. The van der Waals surface area contributed by atoms with Gasteiger partial charge >= 0.3 is 0 Å². The maximum absolute atomic E-state index is 10.7. The Kier molecular flexibility index (Phi) is 27.3. The molecule has 0 aliphatic rings. The van der Waals surface area contributed by atoms with Gasteiger partial charge in [0.15, 0.2) is 0 Å². The van der Waals surface area contributed by atoms with Crippen LogP contribution < -0.4 is 11.1 Å². The SMILES string of the molecule is C#Cc1cccc(N)c1.C#Cc1cccc(NC(C)=O)c1.CC(=O)Cl.CCN(CC)CC.ClCCl. The predicted molar refractivity (Wildman–Crippen MR) is 154 cm³/mol. The molecule has 0 heterocycles. The molecule has 2 aromatic rings. The number of terminal acetylenes is 2. The molecule has 3 N–H and O–H groups in total. The number of benzene rings is 2. The fraction of sp³-hybridized carbons (Fsp3) is 0.333. The van der Waals surface area contributed by atoms with Crippen LogP contribution in [0.5, 0.6) is 0 Å². The molecular formula is C27H36Cl3N3O2. The van der Waals surface area contributed by atoms with Crippen LogP contribution in [0.3, 0.4) is 0 Å². The van der Waals surface area contributed by atoms with Crippen molar-refractivity contribution >= 4 is 57.3 Å². The summed E-state index contributed by atoms with van der Waals surface area (Å²) >= 11 is 14.2. The highest BCUT2D eigenvalue weighted by Crippen LogP contribution is 2.09. The van der Waals surface area contributed by atoms with Gasteiger partial charge < -0.3 is 16.0 Å². The highest BCUT2D eigenvalue weighted by molar-refractivity contribution is 6.62. The van der Waals surface area contributed by atoms with Crippen LogP contribution in [0.2, 0.25) is 0 Å². The number of carbonyl (C=O) groups excluding carboxylic acids is 2. The molecule has 0 bridgehead atoms. The minimum atomic E-state index is -0.361. The van der Waals surface area contributed by atoms with Crippen molar-refractivity contribution in [3.8, 4) is 24.7 Å². The van der Waals surface area contributed by atoms with Gasteiger partial charge in [-0.05, 0) is 67.6 Å². The molecule has 0 saturated carbocycles. The first-order valence-electron chi connectivity index (χ1n) is 10.7. The molecular weight excluding hydrogens is 505 g/mol. The lowest BCUT2D eigenvalue weighted by atomic mass is 10.2. The van der Waals surface area contributed by atoms with Gasteiger partial charge in [0.2, 0.25) is 11.1 Å². The highest BCUT2D eigenvalue weighted by atomic mass is 35.5. The second-order valence-electron chi connectivity index (χ2n) is 6.37. The van der Waals surface area contributed by atoms with Crippen LogP contribution in [0.1, 0.15) is 45.7 Å². The highest BCUT2D eigenvalue weighted by Gasteiger charge is 1.94. The molecule has 2 rings (SSSR count). The van der Waals surface area contributed by atoms with Gasteiger partial charge in [0.05, 0.1) is 5.34 Å². The third-order valence-electron chi connectivity index (χ3n) is 3.74. The van der Waals surface area contributed by atoms with Crippen molar-refractivity contribution in [2.75, 3.05) is 36.0 Å². The first kappa shape index (κ1) is 36.9. The second kappa shape index (κ2) is 25.9. The summed E-state index contributed by atoms with van der Waals surface area (Å²) in [6.45, 7) is 12.9. The average Bonchev–Trinajstić information content (AvgIpc) is 2.81. The van der Waals surface area contributed by atoms with Crippen LogP contribution in [0.4, 0.5) is 11.4 Å². The Labute approximate surface area is 226 Å². The summed E-state index contributed by atoms with van der Waals surface area (Å²) in [6, 6.07) is 14.4. The molecule has 0 aliphatic carbocycles. The number of rotatable bonds is 4. The third kappa shape index (κ3) is 27.5. The summed E-state index contributed by atoms with van der Waals surface area (Å²) in [6.07, 6.45) is 10.3. The summed E-state index contributed by atoms with van der Waals surface area (Å²) in [5.41, 5.74) is 8.48. The van der Waals surface area contributed by atoms with E-state index in [1.165, 1.54) is 33.5 Å². The predicted octanol–water partition coefficient (Wildman–Crippen LogP) is 6.42. The Balaban J connectivity index is -0.000000397. The van der Waals surface area contributed by atoms with E-state index in [0.29, 0.717) is 5.69 Å². The molecule has 0 aliphatic heterocycles. The van der Waals surface area contributed by atoms with Gasteiger partial charge in [-0.1, -0.05) is 44.7 Å². The fourth-order valence-corrected chi connectivity index (χ4v) is 2.19. The van der Waals surface area contributed by atoms with Gasteiger partial charge in [-0.3, -0.25) is 9.59 Å². The number of hydrogen-bond donors (Lipinski definition) is 2. The van der Waals surface area contributed by atoms with Crippen LogP contribution in [0.25, 0.3) is 0 Å². The smallest absolute Gasteiger partial charge is 0.221 e. The van der Waals surface area contributed by atoms with Crippen LogP contribution in [-0.4, -0.2) is 41.0 Å². The Bertz CT molecular complexity index is 909. The van der Waals surface area contributed by atoms with Crippen LogP contribution in [0.15, 0.2) is 48.5 Å². The first-order valence-corrected chi connectivity index (χ1v) is 12.2. The van der Waals surface area contributed by atoms with E-state index in [-0.39, 0.29) is 16.5 Å². The van der Waals surface area contributed by atoms with Gasteiger partial charge in [-0.15, -0.1) is 36.0 Å². The molecule has 8 heteroatoms. The zero-order valence-corrected chi connectivity index (χ0v) is 23.3. The van der Waals surface area contributed by atoms with E-state index in [0.717, 1.165) is 16.8 Å². The van der Waals surface area contributed by atoms with Gasteiger partial charge in [-0.25, -0.2) is 0 Å². The third-order valence-corrected chi connectivity index (χ3v) is 3.74. The molecule has 0 saturated heterocycles. The zero-order valence-electron chi connectivity index (χ0n) is 21.1. The van der Waals surface area contributed by atoms with Gasteiger partial charge in [0.1, 0.15) is 0 Å². The van der Waals surface area contributed by atoms with E-state index in [1.807, 2.05) is 18.2 Å². The molecule has 0 fully saturated rings. The summed E-state index contributed by atoms with van der Waals surface area (Å²) in [5.74, 6) is 4.88. The van der Waals surface area contributed by atoms with Crippen molar-refractivity contribution < 1.29 is 9.59 Å². The van der Waals surface area contributed by atoms with Crippen molar-refractivity contribution in [2.24, 2.45) is 0 Å². The number of anilines is 2. The minimum absolute atomic E-state index is 0.0934. The number of nitrogens with one attached hydrogen (secondary N) is 1. The zero-order chi connectivity index (χ0) is 27.6. The Morgan fingerprint density at radius 3 is 1.60 bits per heavy atom. The monoisotopic (exact) mass is 539 g/mol. The number of hydrogen-bond acceptors (Lipinski definition) is 4.